The van der Waals surface area contributed by atoms with Gasteiger partial charge in [0, 0.05) is 17.0 Å². The van der Waals surface area contributed by atoms with Gasteiger partial charge in [0.1, 0.15) is 17.3 Å². The molecule has 2 N–H and O–H groups in total. The molecule has 26 heavy (non-hydrogen) atoms. The number of carboxylic acid groups (broad SMARTS) is 1. The summed E-state index contributed by atoms with van der Waals surface area (Å²) in [5.41, 5.74) is 3.67. The zero-order valence-corrected chi connectivity index (χ0v) is 15.2. The number of benzene rings is 1. The van der Waals surface area contributed by atoms with Crippen molar-refractivity contribution in [3.8, 4) is 5.75 Å². The Balaban J connectivity index is 1.89. The molecule has 0 unspecified atom stereocenters. The van der Waals surface area contributed by atoms with Crippen molar-refractivity contribution < 1.29 is 23.8 Å². The van der Waals surface area contributed by atoms with Gasteiger partial charge >= 0.3 is 5.97 Å². The number of nitrogens with one attached hydrogen (secondary N) is 1. The van der Waals surface area contributed by atoms with Crippen molar-refractivity contribution in [3.63, 3.8) is 0 Å². The van der Waals surface area contributed by atoms with Crippen LogP contribution in [0.5, 0.6) is 5.75 Å². The highest BCUT2D eigenvalue weighted by Crippen LogP contribution is 2.17. The first kappa shape index (κ1) is 19.5. The van der Waals surface area contributed by atoms with E-state index in [1.165, 1.54) is 0 Å². The van der Waals surface area contributed by atoms with Gasteiger partial charge < -0.3 is 14.3 Å². The predicted molar refractivity (Wildman–Crippen MR) is 96.7 cm³/mol. The Morgan fingerprint density at radius 1 is 1.31 bits per heavy atom. The number of hydrogen-bond donors (Lipinski definition) is 2. The number of aryl methyl sites for hydroxylation is 2. The molecule has 0 atom stereocenters. The largest absolute Gasteiger partial charge is 0.484 e. The van der Waals surface area contributed by atoms with Crippen LogP contribution in [0.15, 0.2) is 39.9 Å². The number of carbonyl (C=O) groups is 2. The minimum Gasteiger partial charge on any atom is -0.484 e. The van der Waals surface area contributed by atoms with Gasteiger partial charge in [0.2, 0.25) is 0 Å². The average Bonchev–Trinajstić information content (AvgIpc) is 2.98. The van der Waals surface area contributed by atoms with E-state index < -0.39 is 11.9 Å². The van der Waals surface area contributed by atoms with Crippen molar-refractivity contribution in [2.75, 3.05) is 6.61 Å². The lowest BCUT2D eigenvalue weighted by Gasteiger charge is -2.05. The number of rotatable bonds is 8. The number of aliphatic carboxylic acids is 1. The molecular formula is C18H19ClN2O5. The minimum atomic E-state index is -0.890. The third-order valence-corrected chi connectivity index (χ3v) is 3.73. The van der Waals surface area contributed by atoms with Crippen LogP contribution < -0.4 is 10.2 Å². The van der Waals surface area contributed by atoms with Crippen molar-refractivity contribution in [2.24, 2.45) is 5.10 Å². The SMILES string of the molecule is C/C(=N/NC(=O)COc1ccc(Cl)cc1)c1cc(CCC(=O)O)oc1C. The second-order valence-electron chi connectivity index (χ2n) is 5.55. The van der Waals surface area contributed by atoms with Crippen LogP contribution in [0.1, 0.15) is 30.4 Å². The Bertz CT molecular complexity index is 811. The first-order chi connectivity index (χ1) is 12.3. The highest BCUT2D eigenvalue weighted by Gasteiger charge is 2.12. The van der Waals surface area contributed by atoms with Gasteiger partial charge in [0.05, 0.1) is 12.1 Å². The van der Waals surface area contributed by atoms with Gasteiger partial charge in [-0.3, -0.25) is 9.59 Å². The minimum absolute atomic E-state index is 0.0125. The summed E-state index contributed by atoms with van der Waals surface area (Å²) in [6.45, 7) is 3.29. The Hall–Kier alpha value is -2.80. The predicted octanol–water partition coefficient (Wildman–Crippen LogP) is 3.18. The Morgan fingerprint density at radius 2 is 2.00 bits per heavy atom. The van der Waals surface area contributed by atoms with E-state index >= 15 is 0 Å². The van der Waals surface area contributed by atoms with E-state index in [1.54, 1.807) is 44.2 Å². The average molecular weight is 379 g/mol. The fourth-order valence-corrected chi connectivity index (χ4v) is 2.30. The number of hydrogen-bond acceptors (Lipinski definition) is 5. The quantitative estimate of drug-likeness (QED) is 0.542. The first-order valence-corrected chi connectivity index (χ1v) is 8.26. The van der Waals surface area contributed by atoms with E-state index in [9.17, 15) is 9.59 Å². The molecule has 0 fully saturated rings. The summed E-state index contributed by atoms with van der Waals surface area (Å²) in [6.07, 6.45) is 0.284. The maximum absolute atomic E-state index is 11.8. The molecule has 0 saturated heterocycles. The van der Waals surface area contributed by atoms with E-state index in [4.69, 9.17) is 25.9 Å². The number of ether oxygens (including phenoxy) is 1. The molecule has 8 heteroatoms. The molecule has 1 aromatic heterocycles. The molecule has 0 aliphatic heterocycles. The highest BCUT2D eigenvalue weighted by atomic mass is 35.5. The summed E-state index contributed by atoms with van der Waals surface area (Å²) in [6, 6.07) is 8.39. The van der Waals surface area contributed by atoms with Crippen molar-refractivity contribution >= 4 is 29.2 Å². The van der Waals surface area contributed by atoms with Crippen molar-refractivity contribution in [1.29, 1.82) is 0 Å². The van der Waals surface area contributed by atoms with E-state index in [2.05, 4.69) is 10.5 Å². The van der Waals surface area contributed by atoms with Crippen LogP contribution in [-0.4, -0.2) is 29.3 Å². The molecule has 1 amide bonds. The lowest BCUT2D eigenvalue weighted by atomic mass is 10.1. The molecule has 7 nitrogen and oxygen atoms in total. The normalized spacial score (nSPS) is 11.3. The van der Waals surface area contributed by atoms with Crippen LogP contribution in [0.25, 0.3) is 0 Å². The molecule has 1 heterocycles. The molecule has 0 bridgehead atoms. The summed E-state index contributed by atoms with van der Waals surface area (Å²) in [7, 11) is 0. The number of halogens is 1. The van der Waals surface area contributed by atoms with E-state index in [0.29, 0.717) is 40.0 Å². The van der Waals surface area contributed by atoms with Crippen LogP contribution in [-0.2, 0) is 16.0 Å². The maximum atomic E-state index is 11.8. The van der Waals surface area contributed by atoms with E-state index in [-0.39, 0.29) is 13.0 Å². The lowest BCUT2D eigenvalue weighted by Crippen LogP contribution is -2.25. The van der Waals surface area contributed by atoms with Gasteiger partial charge in [-0.15, -0.1) is 0 Å². The highest BCUT2D eigenvalue weighted by molar-refractivity contribution is 6.30. The fraction of sp³-hybridized carbons (Fsp3) is 0.278. The van der Waals surface area contributed by atoms with Crippen molar-refractivity contribution in [1.82, 2.24) is 5.43 Å². The van der Waals surface area contributed by atoms with Gasteiger partial charge in [-0.1, -0.05) is 11.6 Å². The monoisotopic (exact) mass is 378 g/mol. The number of furan rings is 1. The second-order valence-corrected chi connectivity index (χ2v) is 5.99. The topological polar surface area (TPSA) is 101 Å². The molecule has 0 spiro atoms. The zero-order chi connectivity index (χ0) is 19.1. The van der Waals surface area contributed by atoms with E-state index in [0.717, 1.165) is 0 Å². The Labute approximate surface area is 155 Å². The molecule has 0 aliphatic rings. The Morgan fingerprint density at radius 3 is 2.65 bits per heavy atom. The van der Waals surface area contributed by atoms with Crippen molar-refractivity contribution in [3.05, 3.63) is 52.4 Å². The molecule has 0 saturated carbocycles. The second kappa shape index (κ2) is 9.05. The number of carboxylic acids is 1. The van der Waals surface area contributed by atoms with Crippen LogP contribution in [0.4, 0.5) is 0 Å². The first-order valence-electron chi connectivity index (χ1n) is 7.88. The molecular weight excluding hydrogens is 360 g/mol. The third kappa shape index (κ3) is 5.93. The number of amides is 1. The van der Waals surface area contributed by atoms with Gasteiger partial charge in [0.15, 0.2) is 6.61 Å². The third-order valence-electron chi connectivity index (χ3n) is 3.48. The fourth-order valence-electron chi connectivity index (χ4n) is 2.17. The number of carbonyl (C=O) groups excluding carboxylic acids is 1. The smallest absolute Gasteiger partial charge is 0.303 e. The lowest BCUT2D eigenvalue weighted by molar-refractivity contribution is -0.137. The number of nitrogens with zero attached hydrogens (tertiary/aromatic N) is 1. The van der Waals surface area contributed by atoms with Gasteiger partial charge in [0.25, 0.3) is 5.91 Å². The van der Waals surface area contributed by atoms with Gasteiger partial charge in [-0.2, -0.15) is 5.10 Å². The van der Waals surface area contributed by atoms with E-state index in [1.807, 2.05) is 0 Å². The van der Waals surface area contributed by atoms with Crippen LogP contribution in [0.2, 0.25) is 5.02 Å². The van der Waals surface area contributed by atoms with Gasteiger partial charge in [-0.25, -0.2) is 5.43 Å². The standard InChI is InChI=1S/C18H19ClN2O5/c1-11(16-9-15(26-12(16)2)7-8-18(23)24)20-21-17(22)10-25-14-5-3-13(19)4-6-14/h3-6,9H,7-8,10H2,1-2H3,(H,21,22)(H,23,24)/b20-11-. The molecule has 0 aliphatic carbocycles. The summed E-state index contributed by atoms with van der Waals surface area (Å²) in [4.78, 5) is 22.5. The molecule has 1 aromatic carbocycles. The summed E-state index contributed by atoms with van der Waals surface area (Å²) < 4.78 is 10.8. The molecule has 2 rings (SSSR count). The van der Waals surface area contributed by atoms with Gasteiger partial charge in [-0.05, 0) is 44.2 Å². The molecule has 0 radical (unpaired) electrons. The Kier molecular flexibility index (Phi) is 6.80. The summed E-state index contributed by atoms with van der Waals surface area (Å²) in [5, 5.41) is 13.3. The zero-order valence-electron chi connectivity index (χ0n) is 14.4. The van der Waals surface area contributed by atoms with Crippen LogP contribution in [0, 0.1) is 6.92 Å². The number of hydrazone groups is 1. The molecule has 2 aromatic rings. The maximum Gasteiger partial charge on any atom is 0.303 e. The molecule has 138 valence electrons. The summed E-state index contributed by atoms with van der Waals surface area (Å²) in [5.74, 6) is 0.398. The summed E-state index contributed by atoms with van der Waals surface area (Å²) >= 11 is 5.78. The van der Waals surface area contributed by atoms with Crippen LogP contribution >= 0.6 is 11.6 Å². The van der Waals surface area contributed by atoms with Crippen LogP contribution in [0.3, 0.4) is 0 Å². The van der Waals surface area contributed by atoms with Crippen molar-refractivity contribution in [2.45, 2.75) is 26.7 Å².